The van der Waals surface area contributed by atoms with Crippen molar-refractivity contribution in [2.75, 3.05) is 23.3 Å². The maximum atomic E-state index is 13.5. The second-order valence-electron chi connectivity index (χ2n) is 10.1. The molecule has 0 bridgehead atoms. The first-order valence-electron chi connectivity index (χ1n) is 13.2. The molecule has 0 fully saturated rings. The molecule has 0 radical (unpaired) electrons. The molecule has 0 saturated carbocycles. The van der Waals surface area contributed by atoms with Crippen LogP contribution in [0.15, 0.2) is 78.9 Å². The molecule has 0 aliphatic rings. The van der Waals surface area contributed by atoms with E-state index in [2.05, 4.69) is 15.4 Å². The lowest BCUT2D eigenvalue weighted by Crippen LogP contribution is -2.52. The fourth-order valence-electron chi connectivity index (χ4n) is 4.25. The van der Waals surface area contributed by atoms with Crippen LogP contribution >= 0.6 is 0 Å². The Bertz CT molecular complexity index is 1360. The minimum Gasteiger partial charge on any atom is -0.497 e. The van der Waals surface area contributed by atoms with E-state index < -0.39 is 33.9 Å². The number of rotatable bonds is 14. The van der Waals surface area contributed by atoms with Gasteiger partial charge < -0.3 is 21.1 Å². The lowest BCUT2D eigenvalue weighted by Gasteiger charge is -2.25. The van der Waals surface area contributed by atoms with Gasteiger partial charge in [-0.15, -0.1) is 0 Å². The van der Waals surface area contributed by atoms with Gasteiger partial charge in [0.05, 0.1) is 12.9 Å². The SMILES string of the molecule is COc1ccc(NS(=O)(=O)CC(CCc2ccccc2)NC(=O)C(CC(C)C)NC(=O)c2cccc(N)c2)cc1. The zero-order valence-corrected chi connectivity index (χ0v) is 23.9. The first-order chi connectivity index (χ1) is 19.0. The molecule has 40 heavy (non-hydrogen) atoms. The fraction of sp³-hybridized carbons (Fsp3) is 0.333. The monoisotopic (exact) mass is 566 g/mol. The first-order valence-corrected chi connectivity index (χ1v) is 14.8. The van der Waals surface area contributed by atoms with Crippen molar-refractivity contribution in [3.63, 3.8) is 0 Å². The van der Waals surface area contributed by atoms with Gasteiger partial charge in [0, 0.05) is 23.0 Å². The topological polar surface area (TPSA) is 140 Å². The van der Waals surface area contributed by atoms with Gasteiger partial charge in [-0.25, -0.2) is 8.42 Å². The Morgan fingerprint density at radius 2 is 1.62 bits per heavy atom. The molecule has 9 nitrogen and oxygen atoms in total. The van der Waals surface area contributed by atoms with E-state index in [0.29, 0.717) is 42.0 Å². The van der Waals surface area contributed by atoms with Crippen LogP contribution in [-0.4, -0.2) is 45.2 Å². The molecule has 5 N–H and O–H groups in total. The van der Waals surface area contributed by atoms with Gasteiger partial charge >= 0.3 is 0 Å². The third kappa shape index (κ3) is 9.92. The van der Waals surface area contributed by atoms with Gasteiger partial charge in [0.2, 0.25) is 15.9 Å². The van der Waals surface area contributed by atoms with Crippen LogP contribution in [0, 0.1) is 5.92 Å². The Morgan fingerprint density at radius 1 is 0.925 bits per heavy atom. The van der Waals surface area contributed by atoms with E-state index in [9.17, 15) is 18.0 Å². The molecule has 3 rings (SSSR count). The number of nitrogen functional groups attached to an aromatic ring is 1. The summed E-state index contributed by atoms with van der Waals surface area (Å²) in [5, 5.41) is 5.70. The zero-order valence-electron chi connectivity index (χ0n) is 23.1. The predicted molar refractivity (Wildman–Crippen MR) is 159 cm³/mol. The molecular formula is C30H38N4O5S. The van der Waals surface area contributed by atoms with Crippen molar-refractivity contribution in [2.24, 2.45) is 5.92 Å². The van der Waals surface area contributed by atoms with Crippen molar-refractivity contribution in [3.8, 4) is 5.75 Å². The maximum absolute atomic E-state index is 13.5. The van der Waals surface area contributed by atoms with Crippen LogP contribution in [0.2, 0.25) is 0 Å². The Morgan fingerprint density at radius 3 is 2.25 bits per heavy atom. The third-order valence-corrected chi connectivity index (χ3v) is 7.62. The number of ether oxygens (including phenoxy) is 1. The smallest absolute Gasteiger partial charge is 0.252 e. The number of anilines is 2. The largest absolute Gasteiger partial charge is 0.497 e. The van der Waals surface area contributed by atoms with Crippen LogP contribution < -0.4 is 25.8 Å². The summed E-state index contributed by atoms with van der Waals surface area (Å²) in [6.45, 7) is 3.89. The van der Waals surface area contributed by atoms with Crippen molar-refractivity contribution < 1.29 is 22.7 Å². The first kappa shape index (κ1) is 30.5. The highest BCUT2D eigenvalue weighted by Crippen LogP contribution is 2.17. The molecule has 10 heteroatoms. The van der Waals surface area contributed by atoms with Crippen LogP contribution in [0.5, 0.6) is 5.75 Å². The maximum Gasteiger partial charge on any atom is 0.252 e. The molecule has 0 aliphatic heterocycles. The standard InChI is InChI=1S/C30H38N4O5S/c1-21(2)18-28(33-29(35)23-10-7-11-24(31)19-23)30(36)32-26(13-12-22-8-5-4-6-9-22)20-40(37,38)34-25-14-16-27(39-3)17-15-25/h4-11,14-17,19,21,26,28,34H,12-13,18,20,31H2,1-3H3,(H,32,36)(H,33,35). The highest BCUT2D eigenvalue weighted by molar-refractivity contribution is 7.92. The molecule has 0 saturated heterocycles. The zero-order chi connectivity index (χ0) is 29.1. The molecule has 0 heterocycles. The number of methoxy groups -OCH3 is 1. The molecule has 2 unspecified atom stereocenters. The highest BCUT2D eigenvalue weighted by Gasteiger charge is 2.27. The lowest BCUT2D eigenvalue weighted by atomic mass is 10.0. The van der Waals surface area contributed by atoms with Crippen LogP contribution in [0.25, 0.3) is 0 Å². The van der Waals surface area contributed by atoms with Gasteiger partial charge in [0.15, 0.2) is 0 Å². The van der Waals surface area contributed by atoms with Gasteiger partial charge in [-0.1, -0.05) is 50.2 Å². The highest BCUT2D eigenvalue weighted by atomic mass is 32.2. The van der Waals surface area contributed by atoms with Gasteiger partial charge in [0.25, 0.3) is 5.91 Å². The Kier molecular flexibility index (Phi) is 11.0. The average Bonchev–Trinajstić information content (AvgIpc) is 2.91. The molecule has 2 atom stereocenters. The van der Waals surface area contributed by atoms with E-state index in [1.165, 1.54) is 7.11 Å². The van der Waals surface area contributed by atoms with Crippen molar-refractivity contribution in [1.29, 1.82) is 0 Å². The van der Waals surface area contributed by atoms with Crippen molar-refractivity contribution in [3.05, 3.63) is 90.0 Å². The third-order valence-electron chi connectivity index (χ3n) is 6.23. The van der Waals surface area contributed by atoms with Crippen LogP contribution in [0.4, 0.5) is 11.4 Å². The van der Waals surface area contributed by atoms with Gasteiger partial charge in [-0.05, 0) is 73.2 Å². The summed E-state index contributed by atoms with van der Waals surface area (Å²) in [6, 6.07) is 21.1. The lowest BCUT2D eigenvalue weighted by molar-refractivity contribution is -0.124. The van der Waals surface area contributed by atoms with Gasteiger partial charge in [0.1, 0.15) is 11.8 Å². The number of nitrogens with two attached hydrogens (primary N) is 1. The van der Waals surface area contributed by atoms with E-state index in [-0.39, 0.29) is 11.7 Å². The minimum absolute atomic E-state index is 0.0973. The number of carbonyl (C=O) groups excluding carboxylic acids is 2. The second kappa shape index (κ2) is 14.4. The molecule has 3 aromatic rings. The average molecular weight is 567 g/mol. The van der Waals surface area contributed by atoms with Crippen LogP contribution in [-0.2, 0) is 21.2 Å². The number of hydrogen-bond donors (Lipinski definition) is 4. The number of hydrogen-bond acceptors (Lipinski definition) is 6. The van der Waals surface area contributed by atoms with E-state index >= 15 is 0 Å². The molecule has 0 aromatic heterocycles. The number of nitrogens with one attached hydrogen (secondary N) is 3. The Balaban J connectivity index is 1.76. The normalized spacial score (nSPS) is 12.8. The molecular weight excluding hydrogens is 528 g/mol. The minimum atomic E-state index is -3.83. The van der Waals surface area contributed by atoms with E-state index in [1.807, 2.05) is 44.2 Å². The molecule has 0 aliphatic carbocycles. The predicted octanol–water partition coefficient (Wildman–Crippen LogP) is 3.98. The summed E-state index contributed by atoms with van der Waals surface area (Å²) in [7, 11) is -2.30. The van der Waals surface area contributed by atoms with E-state index in [0.717, 1.165) is 5.56 Å². The quantitative estimate of drug-likeness (QED) is 0.218. The molecule has 2 amide bonds. The molecule has 0 spiro atoms. The number of sulfonamides is 1. The Hall–Kier alpha value is -4.05. The van der Waals surface area contributed by atoms with E-state index in [4.69, 9.17) is 10.5 Å². The molecule has 3 aromatic carbocycles. The Labute approximate surface area is 236 Å². The van der Waals surface area contributed by atoms with Crippen molar-refractivity contribution in [2.45, 2.75) is 45.2 Å². The van der Waals surface area contributed by atoms with E-state index in [1.54, 1.807) is 48.5 Å². The van der Waals surface area contributed by atoms with Crippen molar-refractivity contribution >= 4 is 33.2 Å². The second-order valence-corrected chi connectivity index (χ2v) is 11.9. The fourth-order valence-corrected chi connectivity index (χ4v) is 5.61. The number of benzene rings is 3. The van der Waals surface area contributed by atoms with Crippen LogP contribution in [0.3, 0.4) is 0 Å². The summed E-state index contributed by atoms with van der Waals surface area (Å²) >= 11 is 0. The number of aryl methyl sites for hydroxylation is 1. The summed E-state index contributed by atoms with van der Waals surface area (Å²) in [5.74, 6) is -0.506. The van der Waals surface area contributed by atoms with Gasteiger partial charge in [-0.2, -0.15) is 0 Å². The summed E-state index contributed by atoms with van der Waals surface area (Å²) < 4.78 is 34.0. The van der Waals surface area contributed by atoms with Gasteiger partial charge in [-0.3, -0.25) is 14.3 Å². The van der Waals surface area contributed by atoms with Crippen LogP contribution in [0.1, 0.15) is 42.6 Å². The van der Waals surface area contributed by atoms with Crippen molar-refractivity contribution in [1.82, 2.24) is 10.6 Å². The summed E-state index contributed by atoms with van der Waals surface area (Å²) in [6.07, 6.45) is 1.33. The molecule has 214 valence electrons. The summed E-state index contributed by atoms with van der Waals surface area (Å²) in [5.41, 5.74) is 8.01. The number of carbonyl (C=O) groups is 2. The summed E-state index contributed by atoms with van der Waals surface area (Å²) in [4.78, 5) is 26.4. The number of amides is 2.